The summed E-state index contributed by atoms with van der Waals surface area (Å²) in [4.78, 5) is 20.8. The predicted octanol–water partition coefficient (Wildman–Crippen LogP) is 2.96. The summed E-state index contributed by atoms with van der Waals surface area (Å²) in [5.41, 5.74) is 7.57. The minimum Gasteiger partial charge on any atom is -0.322 e. The Morgan fingerprint density at radius 3 is 2.90 bits per heavy atom. The molecule has 0 radical (unpaired) electrons. The van der Waals surface area contributed by atoms with Crippen LogP contribution in [0.5, 0.6) is 0 Å². The molecule has 0 bridgehead atoms. The lowest BCUT2D eigenvalue weighted by atomic mass is 10.2. The molecule has 2 aromatic heterocycles. The number of fused-ring (bicyclic) bond motifs is 1. The van der Waals surface area contributed by atoms with Gasteiger partial charge < -0.3 is 11.1 Å². The molecule has 0 spiro atoms. The van der Waals surface area contributed by atoms with Gasteiger partial charge in [-0.2, -0.15) is 0 Å². The minimum atomic E-state index is -0.253. The number of pyridine rings is 1. The second kappa shape index (κ2) is 5.59. The van der Waals surface area contributed by atoms with Crippen molar-refractivity contribution < 1.29 is 4.79 Å². The maximum Gasteiger partial charge on any atom is 0.275 e. The number of benzene rings is 1. The molecule has 1 unspecified atom stereocenters. The molecule has 5 nitrogen and oxygen atoms in total. The van der Waals surface area contributed by atoms with Crippen LogP contribution in [-0.2, 0) is 0 Å². The van der Waals surface area contributed by atoms with Crippen molar-refractivity contribution in [2.75, 3.05) is 5.32 Å². The number of aromatic nitrogens is 2. The van der Waals surface area contributed by atoms with Crippen molar-refractivity contribution in [3.05, 3.63) is 52.6 Å². The molecule has 3 rings (SSSR count). The minimum absolute atomic E-state index is 0.171. The molecule has 0 aliphatic rings. The number of anilines is 1. The Hall–Kier alpha value is -2.31. The van der Waals surface area contributed by atoms with E-state index in [0.717, 1.165) is 15.9 Å². The molecule has 1 aromatic carbocycles. The number of nitrogens with zero attached hydrogens (tertiary/aromatic N) is 2. The molecular formula is C15H14N4OS. The van der Waals surface area contributed by atoms with Crippen LogP contribution in [0.1, 0.15) is 28.5 Å². The van der Waals surface area contributed by atoms with Crippen LogP contribution in [0.2, 0.25) is 0 Å². The van der Waals surface area contributed by atoms with E-state index in [9.17, 15) is 4.79 Å². The van der Waals surface area contributed by atoms with E-state index in [1.807, 2.05) is 37.3 Å². The van der Waals surface area contributed by atoms with Gasteiger partial charge in [0.25, 0.3) is 5.91 Å². The molecule has 21 heavy (non-hydrogen) atoms. The molecule has 1 amide bonds. The Morgan fingerprint density at radius 1 is 1.33 bits per heavy atom. The topological polar surface area (TPSA) is 80.9 Å². The molecule has 0 saturated carbocycles. The molecule has 3 aromatic rings. The zero-order valence-electron chi connectivity index (χ0n) is 11.4. The highest BCUT2D eigenvalue weighted by Gasteiger charge is 2.14. The van der Waals surface area contributed by atoms with Gasteiger partial charge in [0.2, 0.25) is 0 Å². The van der Waals surface area contributed by atoms with Crippen molar-refractivity contribution >= 4 is 33.8 Å². The number of nitrogens with one attached hydrogen (secondary N) is 1. The highest BCUT2D eigenvalue weighted by molar-refractivity contribution is 7.09. The molecular weight excluding hydrogens is 284 g/mol. The Balaban J connectivity index is 1.89. The van der Waals surface area contributed by atoms with Crippen LogP contribution >= 0.6 is 11.3 Å². The van der Waals surface area contributed by atoms with Gasteiger partial charge in [-0.05, 0) is 19.1 Å². The van der Waals surface area contributed by atoms with Gasteiger partial charge in [0.1, 0.15) is 10.7 Å². The molecule has 0 fully saturated rings. The van der Waals surface area contributed by atoms with Crippen LogP contribution in [0.3, 0.4) is 0 Å². The lowest BCUT2D eigenvalue weighted by molar-refractivity contribution is 0.102. The van der Waals surface area contributed by atoms with E-state index in [1.165, 1.54) is 11.3 Å². The maximum atomic E-state index is 12.3. The van der Waals surface area contributed by atoms with Gasteiger partial charge in [0.05, 0.1) is 17.2 Å². The average molecular weight is 298 g/mol. The number of carbonyl (C=O) groups is 1. The van der Waals surface area contributed by atoms with E-state index in [1.54, 1.807) is 11.6 Å². The van der Waals surface area contributed by atoms with E-state index >= 15 is 0 Å². The number of carbonyl (C=O) groups excluding carboxylic acids is 1. The maximum absolute atomic E-state index is 12.3. The SMILES string of the molecule is CC(N)c1nc(C(=O)Nc2cccc3cccnc23)cs1. The lowest BCUT2D eigenvalue weighted by Crippen LogP contribution is -2.13. The second-order valence-corrected chi connectivity index (χ2v) is 5.58. The van der Waals surface area contributed by atoms with Crippen molar-refractivity contribution in [2.24, 2.45) is 5.73 Å². The number of rotatable bonds is 3. The summed E-state index contributed by atoms with van der Waals surface area (Å²) in [6, 6.07) is 9.31. The Bertz CT molecular complexity index is 792. The van der Waals surface area contributed by atoms with Crippen molar-refractivity contribution in [1.82, 2.24) is 9.97 Å². The van der Waals surface area contributed by atoms with Crippen LogP contribution in [0.4, 0.5) is 5.69 Å². The Morgan fingerprint density at radius 2 is 2.14 bits per heavy atom. The fourth-order valence-corrected chi connectivity index (χ4v) is 2.75. The first-order valence-corrected chi connectivity index (χ1v) is 7.39. The zero-order valence-corrected chi connectivity index (χ0v) is 12.2. The summed E-state index contributed by atoms with van der Waals surface area (Å²) in [5, 5.41) is 6.29. The second-order valence-electron chi connectivity index (χ2n) is 4.69. The molecule has 3 N–H and O–H groups in total. The number of hydrogen-bond donors (Lipinski definition) is 2. The Labute approximate surface area is 125 Å². The van der Waals surface area contributed by atoms with Crippen LogP contribution < -0.4 is 11.1 Å². The third-order valence-corrected chi connectivity index (χ3v) is 4.07. The summed E-state index contributed by atoms with van der Waals surface area (Å²) in [6.45, 7) is 1.84. The van der Waals surface area contributed by atoms with Crippen molar-refractivity contribution in [3.63, 3.8) is 0 Å². The van der Waals surface area contributed by atoms with E-state index in [2.05, 4.69) is 15.3 Å². The van der Waals surface area contributed by atoms with Crippen LogP contribution in [0, 0.1) is 0 Å². The first kappa shape index (κ1) is 13.7. The number of thiazole rings is 1. The van der Waals surface area contributed by atoms with E-state index < -0.39 is 0 Å². The summed E-state index contributed by atoms with van der Waals surface area (Å²) < 4.78 is 0. The van der Waals surface area contributed by atoms with E-state index in [-0.39, 0.29) is 11.9 Å². The first-order valence-electron chi connectivity index (χ1n) is 6.51. The standard InChI is InChI=1S/C15H14N4OS/c1-9(16)15-19-12(8-21-15)14(20)18-11-6-2-4-10-5-3-7-17-13(10)11/h2-9H,16H2,1H3,(H,18,20). The number of nitrogens with two attached hydrogens (primary N) is 1. The van der Waals surface area contributed by atoms with Crippen molar-refractivity contribution in [1.29, 1.82) is 0 Å². The fraction of sp³-hybridized carbons (Fsp3) is 0.133. The van der Waals surface area contributed by atoms with E-state index in [0.29, 0.717) is 11.4 Å². The normalized spacial score (nSPS) is 12.3. The fourth-order valence-electron chi connectivity index (χ4n) is 1.99. The molecule has 0 saturated heterocycles. The summed E-state index contributed by atoms with van der Waals surface area (Å²) in [6.07, 6.45) is 1.70. The van der Waals surface area contributed by atoms with Gasteiger partial charge in [-0.25, -0.2) is 4.98 Å². The number of amides is 1. The molecule has 2 heterocycles. The third kappa shape index (κ3) is 2.76. The number of hydrogen-bond acceptors (Lipinski definition) is 5. The molecule has 0 aliphatic heterocycles. The molecule has 6 heteroatoms. The summed E-state index contributed by atoms with van der Waals surface area (Å²) >= 11 is 1.39. The molecule has 1 atom stereocenters. The Kier molecular flexibility index (Phi) is 3.64. The average Bonchev–Trinajstić information content (AvgIpc) is 2.98. The van der Waals surface area contributed by atoms with Gasteiger partial charge in [-0.15, -0.1) is 11.3 Å². The highest BCUT2D eigenvalue weighted by atomic mass is 32.1. The van der Waals surface area contributed by atoms with Crippen LogP contribution in [0.25, 0.3) is 10.9 Å². The van der Waals surface area contributed by atoms with E-state index in [4.69, 9.17) is 5.73 Å². The van der Waals surface area contributed by atoms with Gasteiger partial charge in [-0.3, -0.25) is 9.78 Å². The molecule has 0 aliphatic carbocycles. The quantitative estimate of drug-likeness (QED) is 0.779. The van der Waals surface area contributed by atoms with Gasteiger partial charge >= 0.3 is 0 Å². The zero-order chi connectivity index (χ0) is 14.8. The van der Waals surface area contributed by atoms with Crippen LogP contribution in [0.15, 0.2) is 41.9 Å². The summed E-state index contributed by atoms with van der Waals surface area (Å²) in [7, 11) is 0. The third-order valence-electron chi connectivity index (χ3n) is 3.03. The van der Waals surface area contributed by atoms with Crippen molar-refractivity contribution in [3.8, 4) is 0 Å². The highest BCUT2D eigenvalue weighted by Crippen LogP contribution is 2.22. The van der Waals surface area contributed by atoms with Crippen LogP contribution in [-0.4, -0.2) is 15.9 Å². The van der Waals surface area contributed by atoms with Gasteiger partial charge in [0.15, 0.2) is 0 Å². The summed E-state index contributed by atoms with van der Waals surface area (Å²) in [5.74, 6) is -0.253. The lowest BCUT2D eigenvalue weighted by Gasteiger charge is -2.06. The number of para-hydroxylation sites is 1. The predicted molar refractivity (Wildman–Crippen MR) is 84.4 cm³/mol. The largest absolute Gasteiger partial charge is 0.322 e. The monoisotopic (exact) mass is 298 g/mol. The van der Waals surface area contributed by atoms with Gasteiger partial charge in [0, 0.05) is 17.0 Å². The van der Waals surface area contributed by atoms with Crippen molar-refractivity contribution in [2.45, 2.75) is 13.0 Å². The first-order chi connectivity index (χ1) is 10.1. The smallest absolute Gasteiger partial charge is 0.275 e. The molecule has 106 valence electrons. The van der Waals surface area contributed by atoms with Gasteiger partial charge in [-0.1, -0.05) is 18.2 Å².